The number of hydrogen-bond donors (Lipinski definition) is 1. The van der Waals surface area contributed by atoms with E-state index in [1.54, 1.807) is 6.07 Å². The first-order valence-corrected chi connectivity index (χ1v) is 8.96. The standard InChI is InChI=1S/C20H22FNO2/c1-2-20-6-5-13-14(16(20)9-17(21)19(20)24)4-3-11-8-18(23)12(10-22)7-15(11)13/h7-8,13-14,16-17,23H,2-6,9H2,1H3/t13?,14?,16?,17-,20+/m1/s1. The number of nitriles is 1. The zero-order chi connectivity index (χ0) is 17.1. The summed E-state index contributed by atoms with van der Waals surface area (Å²) in [6, 6.07) is 5.61. The van der Waals surface area contributed by atoms with Crippen molar-refractivity contribution in [1.82, 2.24) is 0 Å². The smallest absolute Gasteiger partial charge is 0.173 e. The van der Waals surface area contributed by atoms with Crippen molar-refractivity contribution in [3.05, 3.63) is 28.8 Å². The summed E-state index contributed by atoms with van der Waals surface area (Å²) in [5.74, 6) is 0.600. The highest BCUT2D eigenvalue weighted by Crippen LogP contribution is 2.61. The molecule has 3 nitrogen and oxygen atoms in total. The van der Waals surface area contributed by atoms with E-state index in [-0.39, 0.29) is 23.4 Å². The number of carbonyl (C=O) groups excluding carboxylic acids is 1. The van der Waals surface area contributed by atoms with E-state index in [0.29, 0.717) is 17.9 Å². The molecular formula is C20H22FNO2. The highest BCUT2D eigenvalue weighted by molar-refractivity contribution is 5.91. The number of rotatable bonds is 1. The monoisotopic (exact) mass is 327 g/mol. The number of benzene rings is 1. The Morgan fingerprint density at radius 3 is 2.92 bits per heavy atom. The van der Waals surface area contributed by atoms with E-state index >= 15 is 0 Å². The SMILES string of the molecule is CC[C@]12CCC3c4cc(C#N)c(O)cc4CCC3C1C[C@@H](F)C2=O. The Labute approximate surface area is 141 Å². The number of fused-ring (bicyclic) bond motifs is 5. The summed E-state index contributed by atoms with van der Waals surface area (Å²) in [5.41, 5.74) is 2.10. The van der Waals surface area contributed by atoms with Gasteiger partial charge < -0.3 is 5.11 Å². The van der Waals surface area contributed by atoms with Crippen LogP contribution in [0.1, 0.15) is 61.6 Å². The molecule has 126 valence electrons. The molecule has 0 saturated heterocycles. The van der Waals surface area contributed by atoms with Crippen LogP contribution in [-0.2, 0) is 11.2 Å². The lowest BCUT2D eigenvalue weighted by molar-refractivity contribution is -0.134. The number of aromatic hydroxyl groups is 1. The summed E-state index contributed by atoms with van der Waals surface area (Å²) in [5, 5.41) is 19.2. The molecule has 0 aliphatic heterocycles. The van der Waals surface area contributed by atoms with Crippen LogP contribution < -0.4 is 0 Å². The number of nitrogens with zero attached hydrogens (tertiary/aromatic N) is 1. The van der Waals surface area contributed by atoms with E-state index < -0.39 is 11.6 Å². The largest absolute Gasteiger partial charge is 0.507 e. The molecule has 4 heteroatoms. The van der Waals surface area contributed by atoms with Crippen LogP contribution in [0.5, 0.6) is 5.75 Å². The molecule has 1 N–H and O–H groups in total. The van der Waals surface area contributed by atoms with Gasteiger partial charge in [0.05, 0.1) is 5.56 Å². The molecule has 3 aliphatic rings. The highest BCUT2D eigenvalue weighted by Gasteiger charge is 2.60. The van der Waals surface area contributed by atoms with Crippen molar-refractivity contribution in [3.63, 3.8) is 0 Å². The van der Waals surface area contributed by atoms with E-state index in [1.165, 1.54) is 0 Å². The third kappa shape index (κ3) is 1.90. The van der Waals surface area contributed by atoms with E-state index in [2.05, 4.69) is 6.07 Å². The van der Waals surface area contributed by atoms with Crippen LogP contribution in [0.4, 0.5) is 4.39 Å². The fourth-order valence-corrected chi connectivity index (χ4v) is 5.87. The predicted molar refractivity (Wildman–Crippen MR) is 87.3 cm³/mol. The minimum atomic E-state index is -1.30. The zero-order valence-corrected chi connectivity index (χ0v) is 13.9. The second-order valence-corrected chi connectivity index (χ2v) is 7.71. The summed E-state index contributed by atoms with van der Waals surface area (Å²) >= 11 is 0. The first kappa shape index (κ1) is 15.6. The Hall–Kier alpha value is -1.89. The summed E-state index contributed by atoms with van der Waals surface area (Å²) in [7, 11) is 0. The van der Waals surface area contributed by atoms with Crippen molar-refractivity contribution in [2.45, 2.75) is 57.5 Å². The summed E-state index contributed by atoms with van der Waals surface area (Å²) < 4.78 is 14.3. The van der Waals surface area contributed by atoms with Gasteiger partial charge in [0.15, 0.2) is 12.0 Å². The molecule has 1 aromatic rings. The van der Waals surface area contributed by atoms with E-state index in [4.69, 9.17) is 0 Å². The van der Waals surface area contributed by atoms with E-state index in [9.17, 15) is 19.6 Å². The molecule has 3 unspecified atom stereocenters. The number of halogens is 1. The van der Waals surface area contributed by atoms with Gasteiger partial charge in [0.1, 0.15) is 11.8 Å². The lowest BCUT2D eigenvalue weighted by Gasteiger charge is -2.49. The van der Waals surface area contributed by atoms with Gasteiger partial charge in [0.25, 0.3) is 0 Å². The number of alkyl halides is 1. The average molecular weight is 327 g/mol. The Morgan fingerprint density at radius 1 is 1.42 bits per heavy atom. The van der Waals surface area contributed by atoms with Crippen LogP contribution in [0.3, 0.4) is 0 Å². The lowest BCUT2D eigenvalue weighted by atomic mass is 9.54. The molecule has 4 rings (SSSR count). The maximum Gasteiger partial charge on any atom is 0.173 e. The van der Waals surface area contributed by atoms with Crippen molar-refractivity contribution in [3.8, 4) is 11.8 Å². The van der Waals surface area contributed by atoms with Crippen LogP contribution in [0.15, 0.2) is 12.1 Å². The van der Waals surface area contributed by atoms with Crippen molar-refractivity contribution in [2.24, 2.45) is 17.3 Å². The van der Waals surface area contributed by atoms with Crippen LogP contribution >= 0.6 is 0 Å². The lowest BCUT2D eigenvalue weighted by Crippen LogP contribution is -2.44. The molecule has 3 aliphatic carbocycles. The normalized spacial score (nSPS) is 37.3. The molecule has 24 heavy (non-hydrogen) atoms. The fourth-order valence-electron chi connectivity index (χ4n) is 5.87. The number of aryl methyl sites for hydroxylation is 1. The maximum absolute atomic E-state index is 14.3. The number of carbonyl (C=O) groups is 1. The molecular weight excluding hydrogens is 305 g/mol. The topological polar surface area (TPSA) is 61.1 Å². The number of ketones is 1. The average Bonchev–Trinajstić information content (AvgIpc) is 2.85. The van der Waals surface area contributed by atoms with Gasteiger partial charge in [-0.3, -0.25) is 4.79 Å². The van der Waals surface area contributed by atoms with Crippen molar-refractivity contribution in [1.29, 1.82) is 5.26 Å². The van der Waals surface area contributed by atoms with Gasteiger partial charge in [-0.2, -0.15) is 5.26 Å². The Bertz CT molecular complexity index is 753. The van der Waals surface area contributed by atoms with Gasteiger partial charge in [-0.15, -0.1) is 0 Å². The molecule has 0 amide bonds. The first-order valence-electron chi connectivity index (χ1n) is 8.96. The molecule has 0 spiro atoms. The van der Waals surface area contributed by atoms with Crippen LogP contribution in [0.25, 0.3) is 0 Å². The second-order valence-electron chi connectivity index (χ2n) is 7.71. The minimum absolute atomic E-state index is 0.0493. The zero-order valence-electron chi connectivity index (χ0n) is 13.9. The molecule has 2 fully saturated rings. The number of hydrogen-bond acceptors (Lipinski definition) is 3. The van der Waals surface area contributed by atoms with Gasteiger partial charge in [-0.1, -0.05) is 6.92 Å². The van der Waals surface area contributed by atoms with Crippen molar-refractivity contribution in [2.75, 3.05) is 0 Å². The van der Waals surface area contributed by atoms with Gasteiger partial charge in [0, 0.05) is 5.41 Å². The molecule has 0 bridgehead atoms. The Morgan fingerprint density at radius 2 is 2.21 bits per heavy atom. The molecule has 0 heterocycles. The van der Waals surface area contributed by atoms with Gasteiger partial charge >= 0.3 is 0 Å². The quantitative estimate of drug-likeness (QED) is 0.847. The number of phenolic OH excluding ortho intramolecular Hbond substituents is 1. The molecule has 2 saturated carbocycles. The third-order valence-electron chi connectivity index (χ3n) is 7.04. The van der Waals surface area contributed by atoms with Crippen LogP contribution in [-0.4, -0.2) is 17.1 Å². The fraction of sp³-hybridized carbons (Fsp3) is 0.600. The van der Waals surface area contributed by atoms with Gasteiger partial charge in [-0.25, -0.2) is 4.39 Å². The van der Waals surface area contributed by atoms with Gasteiger partial charge in [0.2, 0.25) is 0 Å². The first-order chi connectivity index (χ1) is 11.5. The summed E-state index contributed by atoms with van der Waals surface area (Å²) in [4.78, 5) is 12.5. The Balaban J connectivity index is 1.76. The van der Waals surface area contributed by atoms with Crippen molar-refractivity contribution >= 4 is 5.78 Å². The second kappa shape index (κ2) is 5.31. The van der Waals surface area contributed by atoms with Crippen molar-refractivity contribution < 1.29 is 14.3 Å². The molecule has 5 atom stereocenters. The van der Waals surface area contributed by atoms with Crippen LogP contribution in [0.2, 0.25) is 0 Å². The molecule has 1 aromatic carbocycles. The third-order valence-corrected chi connectivity index (χ3v) is 7.04. The predicted octanol–water partition coefficient (Wildman–Crippen LogP) is 4.03. The van der Waals surface area contributed by atoms with E-state index in [1.807, 2.05) is 13.0 Å². The van der Waals surface area contributed by atoms with Gasteiger partial charge in [-0.05, 0) is 79.5 Å². The number of phenols is 1. The number of Topliss-reactive ketones (excluding diaryl/α,β-unsaturated/α-hetero) is 1. The summed E-state index contributed by atoms with van der Waals surface area (Å²) in [6.45, 7) is 2.02. The van der Waals surface area contributed by atoms with Crippen LogP contribution in [0, 0.1) is 28.6 Å². The highest BCUT2D eigenvalue weighted by atomic mass is 19.1. The summed E-state index contributed by atoms with van der Waals surface area (Å²) in [6.07, 6.45) is 3.18. The maximum atomic E-state index is 14.3. The molecule has 0 aromatic heterocycles. The van der Waals surface area contributed by atoms with E-state index in [0.717, 1.165) is 43.2 Å². The molecule has 0 radical (unpaired) electrons. The minimum Gasteiger partial charge on any atom is -0.507 e. The Kier molecular flexibility index (Phi) is 3.46.